The van der Waals surface area contributed by atoms with Crippen molar-refractivity contribution in [3.05, 3.63) is 45.8 Å². The maximum absolute atomic E-state index is 12.8. The van der Waals surface area contributed by atoms with Gasteiger partial charge >= 0.3 is 5.69 Å². The predicted molar refractivity (Wildman–Crippen MR) is 104 cm³/mol. The fourth-order valence-corrected chi connectivity index (χ4v) is 4.15. The second-order valence-corrected chi connectivity index (χ2v) is 7.51. The summed E-state index contributed by atoms with van der Waals surface area (Å²) in [6.45, 7) is 10.4. The fourth-order valence-electron chi connectivity index (χ4n) is 4.15. The summed E-state index contributed by atoms with van der Waals surface area (Å²) >= 11 is 0. The van der Waals surface area contributed by atoms with Gasteiger partial charge in [0, 0.05) is 31.4 Å². The number of likely N-dealkylation sites (tertiary alicyclic amines) is 1. The standard InChI is InChI=1S/C20H27N5O2/c1-4-24-18-6-5-9-21-19(18)25(20(24)26)12-16-7-10-23(11-8-16)13-17-14(2)22-27-15(17)3/h5-6,9,16H,4,7-8,10-13H2,1-3H3. The number of fused-ring (bicyclic) bond motifs is 1. The van der Waals surface area contributed by atoms with Crippen LogP contribution in [0.5, 0.6) is 0 Å². The van der Waals surface area contributed by atoms with E-state index in [0.717, 1.165) is 61.6 Å². The molecule has 1 aliphatic rings. The van der Waals surface area contributed by atoms with Crippen molar-refractivity contribution in [1.82, 2.24) is 24.2 Å². The SMILES string of the molecule is CCn1c(=O)n(CC2CCN(Cc3c(C)noc3C)CC2)c2ncccc21. The number of nitrogens with zero attached hydrogens (tertiary/aromatic N) is 5. The number of imidazole rings is 1. The number of aromatic nitrogens is 4. The molecular formula is C20H27N5O2. The van der Waals surface area contributed by atoms with Gasteiger partial charge in [-0.05, 0) is 64.8 Å². The molecule has 144 valence electrons. The lowest BCUT2D eigenvalue weighted by Crippen LogP contribution is -2.36. The lowest BCUT2D eigenvalue weighted by Gasteiger charge is -2.31. The Kier molecular flexibility index (Phi) is 4.86. The summed E-state index contributed by atoms with van der Waals surface area (Å²) in [5, 5.41) is 4.05. The van der Waals surface area contributed by atoms with Crippen molar-refractivity contribution in [3.8, 4) is 0 Å². The lowest BCUT2D eigenvalue weighted by atomic mass is 9.96. The third kappa shape index (κ3) is 3.32. The van der Waals surface area contributed by atoms with Crippen molar-refractivity contribution in [2.24, 2.45) is 5.92 Å². The Labute approximate surface area is 158 Å². The predicted octanol–water partition coefficient (Wildman–Crippen LogP) is 2.73. The molecule has 7 heteroatoms. The number of piperidine rings is 1. The first-order chi connectivity index (χ1) is 13.1. The maximum atomic E-state index is 12.8. The van der Waals surface area contributed by atoms with Crippen LogP contribution in [0.4, 0.5) is 0 Å². The van der Waals surface area contributed by atoms with E-state index in [-0.39, 0.29) is 5.69 Å². The highest BCUT2D eigenvalue weighted by molar-refractivity contribution is 5.71. The molecule has 0 spiro atoms. The molecule has 0 atom stereocenters. The Hall–Kier alpha value is -2.41. The zero-order valence-electron chi connectivity index (χ0n) is 16.3. The Morgan fingerprint density at radius 2 is 2.00 bits per heavy atom. The summed E-state index contributed by atoms with van der Waals surface area (Å²) < 4.78 is 8.96. The topological polar surface area (TPSA) is 69.1 Å². The number of pyridine rings is 1. The van der Waals surface area contributed by atoms with Crippen LogP contribution in [0.1, 0.15) is 36.8 Å². The van der Waals surface area contributed by atoms with Gasteiger partial charge in [-0.25, -0.2) is 9.78 Å². The van der Waals surface area contributed by atoms with Crippen LogP contribution in [-0.4, -0.2) is 37.3 Å². The minimum atomic E-state index is 0.0596. The van der Waals surface area contributed by atoms with E-state index < -0.39 is 0 Å². The van der Waals surface area contributed by atoms with E-state index in [1.807, 2.05) is 42.0 Å². The van der Waals surface area contributed by atoms with Gasteiger partial charge in [-0.2, -0.15) is 0 Å². The molecule has 1 aliphatic heterocycles. The molecule has 0 radical (unpaired) electrons. The Balaban J connectivity index is 1.45. The van der Waals surface area contributed by atoms with Gasteiger partial charge in [0.15, 0.2) is 5.65 Å². The van der Waals surface area contributed by atoms with Crippen LogP contribution in [-0.2, 0) is 19.6 Å². The molecular weight excluding hydrogens is 342 g/mol. The quantitative estimate of drug-likeness (QED) is 0.692. The molecule has 0 amide bonds. The van der Waals surface area contributed by atoms with E-state index in [1.165, 1.54) is 5.56 Å². The first kappa shape index (κ1) is 18.0. The lowest BCUT2D eigenvalue weighted by molar-refractivity contribution is 0.166. The van der Waals surface area contributed by atoms with Gasteiger partial charge < -0.3 is 4.52 Å². The number of hydrogen-bond donors (Lipinski definition) is 0. The van der Waals surface area contributed by atoms with Crippen molar-refractivity contribution < 1.29 is 4.52 Å². The van der Waals surface area contributed by atoms with Crippen molar-refractivity contribution in [1.29, 1.82) is 0 Å². The van der Waals surface area contributed by atoms with Gasteiger partial charge in [-0.1, -0.05) is 5.16 Å². The highest BCUT2D eigenvalue weighted by Crippen LogP contribution is 2.23. The van der Waals surface area contributed by atoms with E-state index in [1.54, 1.807) is 6.20 Å². The van der Waals surface area contributed by atoms with Crippen LogP contribution in [0.2, 0.25) is 0 Å². The Morgan fingerprint density at radius 3 is 2.67 bits per heavy atom. The van der Waals surface area contributed by atoms with Crippen molar-refractivity contribution in [3.63, 3.8) is 0 Å². The minimum Gasteiger partial charge on any atom is -0.361 e. The highest BCUT2D eigenvalue weighted by atomic mass is 16.5. The van der Waals surface area contributed by atoms with E-state index in [2.05, 4.69) is 15.0 Å². The Morgan fingerprint density at radius 1 is 1.22 bits per heavy atom. The molecule has 0 aliphatic carbocycles. The molecule has 0 aromatic carbocycles. The van der Waals surface area contributed by atoms with Gasteiger partial charge in [-0.3, -0.25) is 14.0 Å². The highest BCUT2D eigenvalue weighted by Gasteiger charge is 2.23. The summed E-state index contributed by atoms with van der Waals surface area (Å²) in [6.07, 6.45) is 3.94. The summed E-state index contributed by atoms with van der Waals surface area (Å²) in [5.41, 5.74) is 3.99. The van der Waals surface area contributed by atoms with Gasteiger partial charge in [0.2, 0.25) is 0 Å². The average molecular weight is 369 g/mol. The van der Waals surface area contributed by atoms with Crippen LogP contribution in [0.15, 0.2) is 27.6 Å². The zero-order chi connectivity index (χ0) is 19.0. The monoisotopic (exact) mass is 369 g/mol. The number of hydrogen-bond acceptors (Lipinski definition) is 5. The van der Waals surface area contributed by atoms with Crippen molar-refractivity contribution in [2.45, 2.75) is 53.2 Å². The molecule has 0 unspecified atom stereocenters. The van der Waals surface area contributed by atoms with Gasteiger partial charge in [0.25, 0.3) is 0 Å². The molecule has 1 saturated heterocycles. The van der Waals surface area contributed by atoms with Crippen LogP contribution >= 0.6 is 0 Å². The molecule has 1 fully saturated rings. The normalized spacial score (nSPS) is 16.4. The average Bonchev–Trinajstić information content (AvgIpc) is 3.14. The molecule has 7 nitrogen and oxygen atoms in total. The smallest absolute Gasteiger partial charge is 0.330 e. The summed E-state index contributed by atoms with van der Waals surface area (Å²) in [6, 6.07) is 3.88. The molecule has 0 bridgehead atoms. The fraction of sp³-hybridized carbons (Fsp3) is 0.550. The molecule has 3 aromatic heterocycles. The van der Waals surface area contributed by atoms with Crippen LogP contribution in [0.3, 0.4) is 0 Å². The van der Waals surface area contributed by atoms with Crippen LogP contribution < -0.4 is 5.69 Å². The molecule has 4 heterocycles. The van der Waals surface area contributed by atoms with E-state index >= 15 is 0 Å². The molecule has 4 rings (SSSR count). The number of rotatable bonds is 5. The largest absolute Gasteiger partial charge is 0.361 e. The van der Waals surface area contributed by atoms with Gasteiger partial charge in [0.1, 0.15) is 5.76 Å². The second-order valence-electron chi connectivity index (χ2n) is 7.51. The zero-order valence-corrected chi connectivity index (χ0v) is 16.3. The molecule has 27 heavy (non-hydrogen) atoms. The van der Waals surface area contributed by atoms with Crippen LogP contribution in [0.25, 0.3) is 11.2 Å². The van der Waals surface area contributed by atoms with Crippen LogP contribution in [0, 0.1) is 19.8 Å². The molecule has 0 saturated carbocycles. The summed E-state index contributed by atoms with van der Waals surface area (Å²) in [7, 11) is 0. The third-order valence-electron chi connectivity index (χ3n) is 5.80. The third-order valence-corrected chi connectivity index (χ3v) is 5.80. The first-order valence-electron chi connectivity index (χ1n) is 9.76. The van der Waals surface area contributed by atoms with Gasteiger partial charge in [-0.15, -0.1) is 0 Å². The van der Waals surface area contributed by atoms with E-state index in [0.29, 0.717) is 12.5 Å². The first-order valence-corrected chi connectivity index (χ1v) is 9.76. The van der Waals surface area contributed by atoms with Crippen molar-refractivity contribution in [2.75, 3.05) is 13.1 Å². The van der Waals surface area contributed by atoms with Crippen molar-refractivity contribution >= 4 is 11.2 Å². The van der Waals surface area contributed by atoms with E-state index in [9.17, 15) is 4.79 Å². The summed E-state index contributed by atoms with van der Waals surface area (Å²) in [5.74, 6) is 1.42. The number of aryl methyl sites for hydroxylation is 3. The second kappa shape index (κ2) is 7.31. The summed E-state index contributed by atoms with van der Waals surface area (Å²) in [4.78, 5) is 19.7. The minimum absolute atomic E-state index is 0.0596. The molecule has 3 aromatic rings. The van der Waals surface area contributed by atoms with Gasteiger partial charge in [0.05, 0.1) is 11.2 Å². The Bertz CT molecular complexity index is 972. The molecule has 0 N–H and O–H groups in total. The van der Waals surface area contributed by atoms with E-state index in [4.69, 9.17) is 4.52 Å². The maximum Gasteiger partial charge on any atom is 0.330 e.